The number of alkyl halides is 3. The van der Waals surface area contributed by atoms with Crippen molar-refractivity contribution in [1.82, 2.24) is 29.2 Å². The van der Waals surface area contributed by atoms with Crippen molar-refractivity contribution in [3.63, 3.8) is 0 Å². The molecule has 4 aromatic heterocycles. The summed E-state index contributed by atoms with van der Waals surface area (Å²) in [6.45, 7) is 1.76. The molecule has 1 atom stereocenters. The molecule has 0 saturated carbocycles. The highest BCUT2D eigenvalue weighted by Gasteiger charge is 2.33. The Labute approximate surface area is 226 Å². The van der Waals surface area contributed by atoms with Crippen molar-refractivity contribution in [3.8, 4) is 17.3 Å². The average Bonchev–Trinajstić information content (AvgIpc) is 3.26. The van der Waals surface area contributed by atoms with E-state index in [4.69, 9.17) is 21.3 Å². The summed E-state index contributed by atoms with van der Waals surface area (Å²) >= 11 is 6.03. The topological polar surface area (TPSA) is 85.1 Å². The number of ether oxygens (including phenoxy) is 2. The number of pyridine rings is 3. The van der Waals surface area contributed by atoms with Crippen molar-refractivity contribution >= 4 is 23.2 Å². The van der Waals surface area contributed by atoms with Crippen LogP contribution in [0.4, 0.5) is 13.2 Å². The number of hydrogen-bond donors (Lipinski definition) is 0. The lowest BCUT2D eigenvalue weighted by atomic mass is 10.1. The monoisotopic (exact) mass is 560 g/mol. The molecular weight excluding hydrogens is 537 g/mol. The second-order valence-corrected chi connectivity index (χ2v) is 9.47. The molecule has 1 aliphatic rings. The maximum Gasteiger partial charge on any atom is 0.574 e. The maximum atomic E-state index is 13.3. The molecule has 1 saturated heterocycles. The molecule has 0 bridgehead atoms. The van der Waals surface area contributed by atoms with Crippen molar-refractivity contribution in [2.24, 2.45) is 0 Å². The number of nitrogens with zero attached hydrogens (tertiary/aromatic N) is 6. The van der Waals surface area contributed by atoms with Gasteiger partial charge < -0.3 is 18.8 Å². The van der Waals surface area contributed by atoms with Gasteiger partial charge in [-0.3, -0.25) is 14.7 Å². The molecule has 1 unspecified atom stereocenters. The van der Waals surface area contributed by atoms with Crippen LogP contribution in [0.3, 0.4) is 0 Å². The van der Waals surface area contributed by atoms with Gasteiger partial charge in [-0.25, -0.2) is 9.97 Å². The number of amides is 1. The van der Waals surface area contributed by atoms with Crippen LogP contribution in [-0.4, -0.2) is 80.8 Å². The van der Waals surface area contributed by atoms with E-state index in [-0.39, 0.29) is 24.9 Å². The number of hydrogen-bond acceptors (Lipinski definition) is 7. The molecule has 13 heteroatoms. The summed E-state index contributed by atoms with van der Waals surface area (Å²) in [6.07, 6.45) is -1.41. The molecule has 204 valence electrons. The fourth-order valence-corrected chi connectivity index (χ4v) is 4.64. The minimum absolute atomic E-state index is 0.135. The van der Waals surface area contributed by atoms with Crippen LogP contribution in [0.5, 0.6) is 5.88 Å². The summed E-state index contributed by atoms with van der Waals surface area (Å²) in [5.41, 5.74) is 2.91. The number of aromatic nitrogens is 4. The van der Waals surface area contributed by atoms with Gasteiger partial charge in [0.2, 0.25) is 5.88 Å². The van der Waals surface area contributed by atoms with Gasteiger partial charge in [-0.05, 0) is 37.4 Å². The predicted molar refractivity (Wildman–Crippen MR) is 136 cm³/mol. The van der Waals surface area contributed by atoms with Crippen molar-refractivity contribution in [1.29, 1.82) is 0 Å². The van der Waals surface area contributed by atoms with Gasteiger partial charge in [0.05, 0.1) is 35.7 Å². The Morgan fingerprint density at radius 2 is 2.03 bits per heavy atom. The van der Waals surface area contributed by atoms with E-state index >= 15 is 0 Å². The van der Waals surface area contributed by atoms with Gasteiger partial charge in [-0.15, -0.1) is 13.2 Å². The van der Waals surface area contributed by atoms with Crippen LogP contribution in [0.25, 0.3) is 17.0 Å². The van der Waals surface area contributed by atoms with E-state index in [2.05, 4.69) is 14.7 Å². The lowest BCUT2D eigenvalue weighted by Crippen LogP contribution is -2.53. The maximum absolute atomic E-state index is 13.3. The van der Waals surface area contributed by atoms with Gasteiger partial charge in [0, 0.05) is 38.1 Å². The van der Waals surface area contributed by atoms with Gasteiger partial charge in [-0.1, -0.05) is 23.7 Å². The van der Waals surface area contributed by atoms with Crippen LogP contribution in [0.2, 0.25) is 5.02 Å². The Balaban J connectivity index is 1.36. The lowest BCUT2D eigenvalue weighted by Gasteiger charge is -2.37. The molecule has 9 nitrogen and oxygen atoms in total. The van der Waals surface area contributed by atoms with Crippen LogP contribution in [0.15, 0.2) is 60.9 Å². The largest absolute Gasteiger partial charge is 0.574 e. The van der Waals surface area contributed by atoms with E-state index in [1.807, 2.05) is 46.8 Å². The van der Waals surface area contributed by atoms with E-state index in [9.17, 15) is 18.0 Å². The van der Waals surface area contributed by atoms with Crippen LogP contribution >= 0.6 is 11.6 Å². The van der Waals surface area contributed by atoms with Crippen molar-refractivity contribution in [2.75, 3.05) is 33.4 Å². The van der Waals surface area contributed by atoms with Crippen LogP contribution in [0, 0.1) is 0 Å². The smallest absolute Gasteiger partial charge is 0.388 e. The third-order valence-electron chi connectivity index (χ3n) is 6.19. The van der Waals surface area contributed by atoms with Crippen LogP contribution < -0.4 is 4.74 Å². The number of rotatable bonds is 7. The Morgan fingerprint density at radius 3 is 2.79 bits per heavy atom. The van der Waals surface area contributed by atoms with Crippen LogP contribution in [0.1, 0.15) is 16.2 Å². The molecule has 0 spiro atoms. The first kappa shape index (κ1) is 26.9. The SMILES string of the molecule is CN(Cc1c(-c2ccc(Cl)cn2)nc2ccccn12)CC1COCCN1C(=O)c1cccc(OC(F)(F)F)n1. The van der Waals surface area contributed by atoms with Crippen LogP contribution in [-0.2, 0) is 11.3 Å². The molecule has 1 fully saturated rings. The third kappa shape index (κ3) is 6.29. The number of carbonyl (C=O) groups is 1. The first-order valence-electron chi connectivity index (χ1n) is 12.1. The zero-order valence-electron chi connectivity index (χ0n) is 20.8. The van der Waals surface area contributed by atoms with Gasteiger partial charge in [0.1, 0.15) is 17.0 Å². The molecule has 0 aliphatic carbocycles. The highest BCUT2D eigenvalue weighted by molar-refractivity contribution is 6.30. The van der Waals surface area contributed by atoms with Crippen molar-refractivity contribution in [2.45, 2.75) is 18.9 Å². The summed E-state index contributed by atoms with van der Waals surface area (Å²) < 4.78 is 49.5. The van der Waals surface area contributed by atoms with E-state index in [1.165, 1.54) is 12.1 Å². The molecule has 5 heterocycles. The fraction of sp³-hybridized carbons (Fsp3) is 0.308. The molecule has 4 aromatic rings. The summed E-state index contributed by atoms with van der Waals surface area (Å²) in [4.78, 5) is 29.9. The molecule has 1 aliphatic heterocycles. The van der Waals surface area contributed by atoms with E-state index in [0.717, 1.165) is 17.4 Å². The Bertz CT molecular complexity index is 1460. The summed E-state index contributed by atoms with van der Waals surface area (Å²) in [5, 5.41) is 0.522. The Morgan fingerprint density at radius 1 is 1.18 bits per heavy atom. The van der Waals surface area contributed by atoms with E-state index in [0.29, 0.717) is 36.1 Å². The Hall–Kier alpha value is -3.74. The number of morpholine rings is 1. The van der Waals surface area contributed by atoms with Gasteiger partial charge in [0.15, 0.2) is 0 Å². The summed E-state index contributed by atoms with van der Waals surface area (Å²) in [6, 6.07) is 12.7. The minimum Gasteiger partial charge on any atom is -0.388 e. The molecular formula is C26H24ClF3N6O3. The van der Waals surface area contributed by atoms with Gasteiger partial charge in [0.25, 0.3) is 5.91 Å². The number of imidazole rings is 1. The predicted octanol–water partition coefficient (Wildman–Crippen LogP) is 4.32. The normalized spacial score (nSPS) is 16.2. The summed E-state index contributed by atoms with van der Waals surface area (Å²) in [5.74, 6) is -1.18. The standard InChI is InChI=1S/C26H24ClF3N6O3/c1-34(15-21-24(19-9-8-17(27)13-31-19)33-22-6-2-3-10-36(21)22)14-18-16-38-12-11-35(18)25(37)20-5-4-7-23(32-20)39-26(28,29)30/h2-10,13,18H,11-12,14-16H2,1H3. The zero-order chi connectivity index (χ0) is 27.6. The zero-order valence-corrected chi connectivity index (χ0v) is 21.6. The number of carbonyl (C=O) groups excluding carboxylic acids is 1. The fourth-order valence-electron chi connectivity index (χ4n) is 4.53. The Kier molecular flexibility index (Phi) is 7.69. The first-order chi connectivity index (χ1) is 18.7. The molecule has 0 N–H and O–H groups in total. The van der Waals surface area contributed by atoms with E-state index < -0.39 is 18.1 Å². The second-order valence-electron chi connectivity index (χ2n) is 9.03. The highest BCUT2D eigenvalue weighted by atomic mass is 35.5. The highest BCUT2D eigenvalue weighted by Crippen LogP contribution is 2.26. The second kappa shape index (κ2) is 11.2. The number of halogens is 4. The van der Waals surface area contributed by atoms with Crippen molar-refractivity contribution in [3.05, 3.63) is 77.3 Å². The number of likely N-dealkylation sites (N-methyl/N-ethyl adjacent to an activating group) is 1. The first-order valence-corrected chi connectivity index (χ1v) is 12.4. The van der Waals surface area contributed by atoms with E-state index in [1.54, 1.807) is 17.2 Å². The quantitative estimate of drug-likeness (QED) is 0.333. The molecule has 0 radical (unpaired) electrons. The van der Waals surface area contributed by atoms with Crippen molar-refractivity contribution < 1.29 is 27.4 Å². The molecule has 1 amide bonds. The van der Waals surface area contributed by atoms with Gasteiger partial charge in [-0.2, -0.15) is 0 Å². The average molecular weight is 561 g/mol. The lowest BCUT2D eigenvalue weighted by molar-refractivity contribution is -0.276. The summed E-state index contributed by atoms with van der Waals surface area (Å²) in [7, 11) is 1.91. The van der Waals surface area contributed by atoms with Gasteiger partial charge >= 0.3 is 6.36 Å². The molecule has 0 aromatic carbocycles. The molecule has 5 rings (SSSR count). The third-order valence-corrected chi connectivity index (χ3v) is 6.42. The molecule has 39 heavy (non-hydrogen) atoms. The number of fused-ring (bicyclic) bond motifs is 1. The minimum atomic E-state index is -4.91.